The second-order valence-electron chi connectivity index (χ2n) is 3.89. The van der Waals surface area contributed by atoms with Crippen molar-refractivity contribution in [1.82, 2.24) is 10.2 Å². The van der Waals surface area contributed by atoms with Gasteiger partial charge in [0, 0.05) is 26.2 Å². The maximum atomic E-state index is 10.8. The monoisotopic (exact) mass is 216 g/mol. The molecule has 1 unspecified atom stereocenters. The third-order valence-electron chi connectivity index (χ3n) is 2.45. The molecule has 1 atom stereocenters. The number of hydrogen-bond acceptors (Lipinski definition) is 4. The molecule has 5 nitrogen and oxygen atoms in total. The van der Waals surface area contributed by atoms with E-state index in [1.54, 1.807) is 0 Å². The van der Waals surface area contributed by atoms with Crippen molar-refractivity contribution in [3.63, 3.8) is 0 Å². The van der Waals surface area contributed by atoms with Gasteiger partial charge in [-0.05, 0) is 5.92 Å². The quantitative estimate of drug-likeness (QED) is 0.735. The largest absolute Gasteiger partial charge is 0.453 e. The van der Waals surface area contributed by atoms with E-state index in [4.69, 9.17) is 4.74 Å². The summed E-state index contributed by atoms with van der Waals surface area (Å²) in [4.78, 5) is 13.2. The topological polar surface area (TPSA) is 50.8 Å². The highest BCUT2D eigenvalue weighted by molar-refractivity contribution is 5.66. The van der Waals surface area contributed by atoms with E-state index in [2.05, 4.69) is 21.9 Å². The van der Waals surface area contributed by atoms with Gasteiger partial charge in [-0.3, -0.25) is 4.90 Å². The van der Waals surface area contributed by atoms with Crippen LogP contribution in [-0.4, -0.2) is 57.5 Å². The van der Waals surface area contributed by atoms with Gasteiger partial charge in [-0.25, -0.2) is 4.79 Å². The molecule has 1 saturated heterocycles. The number of hydrogen-bond donors (Lipinski definition) is 1. The van der Waals surface area contributed by atoms with E-state index >= 15 is 0 Å². The van der Waals surface area contributed by atoms with Crippen molar-refractivity contribution in [2.75, 3.05) is 46.5 Å². The lowest BCUT2D eigenvalue weighted by Crippen LogP contribution is -2.41. The molecule has 0 saturated carbocycles. The molecule has 5 heteroatoms. The number of alkyl carbamates (subject to hydrolysis) is 1. The summed E-state index contributed by atoms with van der Waals surface area (Å²) in [6.45, 7) is 7.38. The molecular formula is C10H20N2O3. The van der Waals surface area contributed by atoms with Crippen LogP contribution in [0.1, 0.15) is 6.92 Å². The highest BCUT2D eigenvalue weighted by Crippen LogP contribution is 2.02. The summed E-state index contributed by atoms with van der Waals surface area (Å²) in [6.07, 6.45) is -0.358. The molecule has 1 amide bonds. The Morgan fingerprint density at radius 1 is 1.53 bits per heavy atom. The number of nitrogens with zero attached hydrogens (tertiary/aromatic N) is 1. The van der Waals surface area contributed by atoms with Gasteiger partial charge in [0.25, 0.3) is 0 Å². The molecule has 1 heterocycles. The molecule has 0 aromatic carbocycles. The van der Waals surface area contributed by atoms with Crippen LogP contribution in [0.3, 0.4) is 0 Å². The molecule has 1 aliphatic heterocycles. The minimum atomic E-state index is -0.358. The average Bonchev–Trinajstić information content (AvgIpc) is 2.27. The van der Waals surface area contributed by atoms with Crippen molar-refractivity contribution in [1.29, 1.82) is 0 Å². The first-order valence-corrected chi connectivity index (χ1v) is 5.34. The Labute approximate surface area is 90.7 Å². The Kier molecular flexibility index (Phi) is 5.42. The van der Waals surface area contributed by atoms with Crippen molar-refractivity contribution < 1.29 is 14.3 Å². The summed E-state index contributed by atoms with van der Waals surface area (Å²) in [6, 6.07) is 0. The maximum absolute atomic E-state index is 10.8. The third-order valence-corrected chi connectivity index (χ3v) is 2.45. The summed E-state index contributed by atoms with van der Waals surface area (Å²) in [7, 11) is 1.38. The average molecular weight is 216 g/mol. The molecule has 0 aromatic rings. The normalized spacial score (nSPS) is 19.6. The summed E-state index contributed by atoms with van der Waals surface area (Å²) in [5, 5.41) is 2.70. The first-order valence-electron chi connectivity index (χ1n) is 5.34. The lowest BCUT2D eigenvalue weighted by Gasteiger charge is -2.29. The zero-order valence-electron chi connectivity index (χ0n) is 9.49. The molecule has 1 N–H and O–H groups in total. The van der Waals surface area contributed by atoms with Crippen LogP contribution in [0.2, 0.25) is 0 Å². The van der Waals surface area contributed by atoms with Crippen molar-refractivity contribution in [3.05, 3.63) is 0 Å². The summed E-state index contributed by atoms with van der Waals surface area (Å²) < 4.78 is 9.77. The van der Waals surface area contributed by atoms with Crippen LogP contribution in [0.4, 0.5) is 4.79 Å². The number of carbonyl (C=O) groups excluding carboxylic acids is 1. The van der Waals surface area contributed by atoms with Gasteiger partial charge >= 0.3 is 6.09 Å². The molecule has 0 aliphatic carbocycles. The lowest BCUT2D eigenvalue weighted by atomic mass is 10.1. The Morgan fingerprint density at radius 3 is 2.80 bits per heavy atom. The van der Waals surface area contributed by atoms with E-state index in [0.717, 1.165) is 32.8 Å². The zero-order valence-corrected chi connectivity index (χ0v) is 9.49. The fourth-order valence-corrected chi connectivity index (χ4v) is 1.62. The van der Waals surface area contributed by atoms with Crippen molar-refractivity contribution in [3.8, 4) is 0 Å². The predicted octanol–water partition coefficient (Wildman–Crippen LogP) is 0.311. The van der Waals surface area contributed by atoms with E-state index in [9.17, 15) is 4.79 Å². The number of amides is 1. The fourth-order valence-electron chi connectivity index (χ4n) is 1.62. The lowest BCUT2D eigenvalue weighted by molar-refractivity contribution is 0.0318. The van der Waals surface area contributed by atoms with Gasteiger partial charge in [0.15, 0.2) is 0 Å². The molecule has 0 aromatic heterocycles. The van der Waals surface area contributed by atoms with E-state index in [1.165, 1.54) is 7.11 Å². The molecule has 1 aliphatic rings. The Bertz CT molecular complexity index is 193. The SMILES string of the molecule is COC(=O)NCC(C)CN1CCOCC1. The summed E-state index contributed by atoms with van der Waals surface area (Å²) in [5.41, 5.74) is 0. The predicted molar refractivity (Wildman–Crippen MR) is 56.8 cm³/mol. The van der Waals surface area contributed by atoms with E-state index in [-0.39, 0.29) is 6.09 Å². The van der Waals surface area contributed by atoms with Gasteiger partial charge in [-0.2, -0.15) is 0 Å². The molecule has 0 spiro atoms. The van der Waals surface area contributed by atoms with Crippen molar-refractivity contribution >= 4 is 6.09 Å². The molecule has 88 valence electrons. The first kappa shape index (κ1) is 12.3. The van der Waals surface area contributed by atoms with Crippen molar-refractivity contribution in [2.24, 2.45) is 5.92 Å². The number of carbonyl (C=O) groups is 1. The van der Waals surface area contributed by atoms with Crippen LogP contribution in [0, 0.1) is 5.92 Å². The molecular weight excluding hydrogens is 196 g/mol. The van der Waals surface area contributed by atoms with Gasteiger partial charge < -0.3 is 14.8 Å². The standard InChI is InChI=1S/C10H20N2O3/c1-9(7-11-10(13)14-2)8-12-3-5-15-6-4-12/h9H,3-8H2,1-2H3,(H,11,13). The van der Waals surface area contributed by atoms with E-state index < -0.39 is 0 Å². The van der Waals surface area contributed by atoms with Crippen LogP contribution in [0.5, 0.6) is 0 Å². The summed E-state index contributed by atoms with van der Waals surface area (Å²) in [5.74, 6) is 0.433. The summed E-state index contributed by atoms with van der Waals surface area (Å²) >= 11 is 0. The van der Waals surface area contributed by atoms with Gasteiger partial charge in [0.05, 0.1) is 20.3 Å². The highest BCUT2D eigenvalue weighted by atomic mass is 16.5. The molecule has 0 radical (unpaired) electrons. The Morgan fingerprint density at radius 2 is 2.20 bits per heavy atom. The third kappa shape index (κ3) is 4.99. The maximum Gasteiger partial charge on any atom is 0.406 e. The van der Waals surface area contributed by atoms with Crippen LogP contribution < -0.4 is 5.32 Å². The van der Waals surface area contributed by atoms with E-state index in [0.29, 0.717) is 12.5 Å². The molecule has 1 rings (SSSR count). The second kappa shape index (κ2) is 6.63. The number of nitrogens with one attached hydrogen (secondary N) is 1. The number of morpholine rings is 1. The minimum Gasteiger partial charge on any atom is -0.453 e. The van der Waals surface area contributed by atoms with Gasteiger partial charge in [-0.1, -0.05) is 6.92 Å². The van der Waals surface area contributed by atoms with Crippen LogP contribution in [0.25, 0.3) is 0 Å². The van der Waals surface area contributed by atoms with Crippen LogP contribution in [-0.2, 0) is 9.47 Å². The molecule has 1 fully saturated rings. The smallest absolute Gasteiger partial charge is 0.406 e. The van der Waals surface area contributed by atoms with Crippen molar-refractivity contribution in [2.45, 2.75) is 6.92 Å². The first-order chi connectivity index (χ1) is 7.22. The number of ether oxygens (including phenoxy) is 2. The van der Waals surface area contributed by atoms with Gasteiger partial charge in [-0.15, -0.1) is 0 Å². The molecule has 15 heavy (non-hydrogen) atoms. The van der Waals surface area contributed by atoms with Gasteiger partial charge in [0.1, 0.15) is 0 Å². The number of rotatable bonds is 4. The highest BCUT2D eigenvalue weighted by Gasteiger charge is 2.14. The Hall–Kier alpha value is -0.810. The number of methoxy groups -OCH3 is 1. The fraction of sp³-hybridized carbons (Fsp3) is 0.900. The second-order valence-corrected chi connectivity index (χ2v) is 3.89. The minimum absolute atomic E-state index is 0.358. The van der Waals surface area contributed by atoms with E-state index in [1.807, 2.05) is 0 Å². The molecule has 0 bridgehead atoms. The van der Waals surface area contributed by atoms with Gasteiger partial charge in [0.2, 0.25) is 0 Å². The zero-order chi connectivity index (χ0) is 11.1. The Balaban J connectivity index is 2.11. The van der Waals surface area contributed by atoms with Crippen LogP contribution >= 0.6 is 0 Å². The van der Waals surface area contributed by atoms with Crippen LogP contribution in [0.15, 0.2) is 0 Å².